The number of methoxy groups -OCH3 is 1. The highest BCUT2D eigenvalue weighted by Gasteiger charge is 2.50. The van der Waals surface area contributed by atoms with Crippen molar-refractivity contribution in [1.82, 2.24) is 4.90 Å². The molecular weight excluding hydrogens is 360 g/mol. The fourth-order valence-electron chi connectivity index (χ4n) is 3.77. The number of esters is 2. The van der Waals surface area contributed by atoms with Crippen LogP contribution in [0.25, 0.3) is 0 Å². The quantitative estimate of drug-likeness (QED) is 0.750. The van der Waals surface area contributed by atoms with Crippen LogP contribution in [0.4, 0.5) is 0 Å². The lowest BCUT2D eigenvalue weighted by Crippen LogP contribution is -2.53. The molecule has 28 heavy (non-hydrogen) atoms. The van der Waals surface area contributed by atoms with E-state index < -0.39 is 17.6 Å². The maximum absolute atomic E-state index is 12.3. The molecule has 3 N–H and O–H groups in total. The lowest BCUT2D eigenvalue weighted by molar-refractivity contribution is -0.156. The Balaban J connectivity index is 0.000000409. The van der Waals surface area contributed by atoms with E-state index in [0.717, 1.165) is 12.8 Å². The lowest BCUT2D eigenvalue weighted by Gasteiger charge is -2.40. The Morgan fingerprint density at radius 3 is 2.39 bits per heavy atom. The van der Waals surface area contributed by atoms with E-state index in [2.05, 4.69) is 4.90 Å². The molecule has 2 aliphatic heterocycles. The van der Waals surface area contributed by atoms with Gasteiger partial charge in [-0.25, -0.2) is 4.79 Å². The highest BCUT2D eigenvalue weighted by molar-refractivity contribution is 5.89. The van der Waals surface area contributed by atoms with E-state index >= 15 is 0 Å². The summed E-state index contributed by atoms with van der Waals surface area (Å²) in [6, 6.07) is 9.36. The SMILES string of the molecule is CC(C)(N)CO.COC(=O)[C@@H]1C2CCC(C[C@@H]1OC(=O)c1ccccc1)N2C. The van der Waals surface area contributed by atoms with Crippen LogP contribution in [0.2, 0.25) is 0 Å². The van der Waals surface area contributed by atoms with Crippen LogP contribution in [0.3, 0.4) is 0 Å². The van der Waals surface area contributed by atoms with Crippen molar-refractivity contribution in [2.24, 2.45) is 11.7 Å². The Kier molecular flexibility index (Phi) is 7.57. The number of rotatable bonds is 4. The average Bonchev–Trinajstić information content (AvgIpc) is 2.91. The van der Waals surface area contributed by atoms with Gasteiger partial charge < -0.3 is 20.3 Å². The number of nitrogens with zero attached hydrogens (tertiary/aromatic N) is 1. The molecule has 2 aliphatic rings. The normalized spacial score (nSPS) is 26.8. The van der Waals surface area contributed by atoms with Gasteiger partial charge in [-0.3, -0.25) is 9.69 Å². The number of hydrogen-bond donors (Lipinski definition) is 2. The molecule has 156 valence electrons. The first-order valence-corrected chi connectivity index (χ1v) is 9.63. The summed E-state index contributed by atoms with van der Waals surface area (Å²) in [7, 11) is 3.42. The summed E-state index contributed by atoms with van der Waals surface area (Å²) < 4.78 is 10.6. The number of benzene rings is 1. The molecule has 0 aliphatic carbocycles. The third-order valence-electron chi connectivity index (χ3n) is 5.36. The molecule has 7 heteroatoms. The highest BCUT2D eigenvalue weighted by atomic mass is 16.6. The zero-order valence-corrected chi connectivity index (χ0v) is 17.1. The van der Waals surface area contributed by atoms with Gasteiger partial charge in [-0.15, -0.1) is 0 Å². The van der Waals surface area contributed by atoms with Gasteiger partial charge in [0.25, 0.3) is 0 Å². The smallest absolute Gasteiger partial charge is 0.338 e. The monoisotopic (exact) mass is 392 g/mol. The number of hydrogen-bond acceptors (Lipinski definition) is 7. The van der Waals surface area contributed by atoms with Crippen molar-refractivity contribution < 1.29 is 24.2 Å². The maximum atomic E-state index is 12.3. The van der Waals surface area contributed by atoms with Gasteiger partial charge in [-0.2, -0.15) is 0 Å². The molecule has 7 nitrogen and oxygen atoms in total. The van der Waals surface area contributed by atoms with Crippen molar-refractivity contribution in [3.63, 3.8) is 0 Å². The fourth-order valence-corrected chi connectivity index (χ4v) is 3.77. The minimum Gasteiger partial charge on any atom is -0.469 e. The van der Waals surface area contributed by atoms with Crippen LogP contribution >= 0.6 is 0 Å². The predicted molar refractivity (Wildman–Crippen MR) is 106 cm³/mol. The molecule has 1 aromatic carbocycles. The zero-order chi connectivity index (χ0) is 20.9. The molecular formula is C21H32N2O5. The van der Waals surface area contributed by atoms with Crippen LogP contribution in [0.15, 0.2) is 30.3 Å². The fraction of sp³-hybridized carbons (Fsp3) is 0.619. The van der Waals surface area contributed by atoms with Gasteiger partial charge in [0.2, 0.25) is 0 Å². The second-order valence-electron chi connectivity index (χ2n) is 8.21. The molecule has 2 saturated heterocycles. The van der Waals surface area contributed by atoms with E-state index in [4.69, 9.17) is 20.3 Å². The van der Waals surface area contributed by atoms with Crippen molar-refractivity contribution in [3.8, 4) is 0 Å². The minimum atomic E-state index is -0.408. The summed E-state index contributed by atoms with van der Waals surface area (Å²) in [6.45, 7) is 3.59. The molecule has 2 unspecified atom stereocenters. The van der Waals surface area contributed by atoms with E-state index in [9.17, 15) is 9.59 Å². The molecule has 3 rings (SSSR count). The van der Waals surface area contributed by atoms with Crippen molar-refractivity contribution in [3.05, 3.63) is 35.9 Å². The molecule has 0 aromatic heterocycles. The Morgan fingerprint density at radius 2 is 1.86 bits per heavy atom. The first kappa shape index (κ1) is 22.3. The van der Waals surface area contributed by atoms with E-state index in [0.29, 0.717) is 18.0 Å². The van der Waals surface area contributed by atoms with Gasteiger partial charge in [0.1, 0.15) is 12.0 Å². The number of aliphatic hydroxyl groups is 1. The van der Waals surface area contributed by atoms with Crippen molar-refractivity contribution in [2.75, 3.05) is 20.8 Å². The van der Waals surface area contributed by atoms with Crippen LogP contribution < -0.4 is 5.73 Å². The Hall–Kier alpha value is -1.96. The third-order valence-corrected chi connectivity index (χ3v) is 5.36. The molecule has 0 saturated carbocycles. The van der Waals surface area contributed by atoms with Gasteiger partial charge in [-0.1, -0.05) is 18.2 Å². The van der Waals surface area contributed by atoms with Gasteiger partial charge in [0.05, 0.1) is 19.3 Å². The Bertz CT molecular complexity index is 659. The summed E-state index contributed by atoms with van der Waals surface area (Å²) in [4.78, 5) is 26.7. The van der Waals surface area contributed by atoms with Crippen LogP contribution in [-0.2, 0) is 14.3 Å². The molecule has 2 fully saturated rings. The summed E-state index contributed by atoms with van der Waals surface area (Å²) in [6.07, 6.45) is 2.26. The van der Waals surface area contributed by atoms with E-state index in [-0.39, 0.29) is 24.6 Å². The number of ether oxygens (including phenoxy) is 2. The van der Waals surface area contributed by atoms with Gasteiger partial charge >= 0.3 is 11.9 Å². The van der Waals surface area contributed by atoms with E-state index in [1.807, 2.05) is 13.1 Å². The summed E-state index contributed by atoms with van der Waals surface area (Å²) in [5.74, 6) is -1.06. The lowest BCUT2D eigenvalue weighted by atomic mass is 9.87. The number of fused-ring (bicyclic) bond motifs is 2. The van der Waals surface area contributed by atoms with Crippen LogP contribution in [0.5, 0.6) is 0 Å². The average molecular weight is 392 g/mol. The van der Waals surface area contributed by atoms with Crippen molar-refractivity contribution in [1.29, 1.82) is 0 Å². The first-order chi connectivity index (χ1) is 13.2. The molecule has 0 amide bonds. The standard InChI is InChI=1S/C17H21NO4.C4H11NO/c1-18-12-8-9-13(18)15(17(20)21-2)14(10-12)22-16(19)11-6-4-3-5-7-11;1-4(2,5)3-6/h3-7,12-15H,8-10H2,1-2H3;6H,3,5H2,1-2H3/t12?,13?,14-,15+;/m0./s1. The van der Waals surface area contributed by atoms with E-state index in [1.165, 1.54) is 7.11 Å². The predicted octanol–water partition coefficient (Wildman–Crippen LogP) is 1.58. The molecule has 2 heterocycles. The van der Waals surface area contributed by atoms with Crippen molar-refractivity contribution >= 4 is 11.9 Å². The number of carbonyl (C=O) groups excluding carboxylic acids is 2. The molecule has 1 aromatic rings. The van der Waals surface area contributed by atoms with Gasteiger partial charge in [-0.05, 0) is 45.9 Å². The van der Waals surface area contributed by atoms with Crippen LogP contribution in [-0.4, -0.2) is 66.4 Å². The first-order valence-electron chi connectivity index (χ1n) is 9.63. The highest BCUT2D eigenvalue weighted by Crippen LogP contribution is 2.40. The number of nitrogens with two attached hydrogens (primary N) is 1. The number of carbonyl (C=O) groups is 2. The maximum Gasteiger partial charge on any atom is 0.338 e. The summed E-state index contributed by atoms with van der Waals surface area (Å²) >= 11 is 0. The van der Waals surface area contributed by atoms with Gasteiger partial charge in [0, 0.05) is 24.0 Å². The minimum absolute atomic E-state index is 0.0486. The zero-order valence-electron chi connectivity index (χ0n) is 17.1. The number of aliphatic hydroxyl groups excluding tert-OH is 1. The van der Waals surface area contributed by atoms with Gasteiger partial charge in [0.15, 0.2) is 0 Å². The topological polar surface area (TPSA) is 102 Å². The second kappa shape index (κ2) is 9.49. The van der Waals surface area contributed by atoms with Crippen LogP contribution in [0, 0.1) is 5.92 Å². The number of piperidine rings is 1. The van der Waals surface area contributed by atoms with Crippen molar-refractivity contribution in [2.45, 2.75) is 56.8 Å². The van der Waals surface area contributed by atoms with Crippen LogP contribution in [0.1, 0.15) is 43.5 Å². The Morgan fingerprint density at radius 1 is 1.25 bits per heavy atom. The molecule has 0 spiro atoms. The Labute approximate surface area is 166 Å². The summed E-state index contributed by atoms with van der Waals surface area (Å²) in [5.41, 5.74) is 5.39. The molecule has 4 atom stereocenters. The van der Waals surface area contributed by atoms with E-state index in [1.54, 1.807) is 38.1 Å². The summed E-state index contributed by atoms with van der Waals surface area (Å²) in [5, 5.41) is 8.28. The second-order valence-corrected chi connectivity index (χ2v) is 8.21. The largest absolute Gasteiger partial charge is 0.469 e. The molecule has 0 radical (unpaired) electrons. The molecule has 2 bridgehead atoms. The third kappa shape index (κ3) is 5.53.